The average molecular weight is 166 g/mol. The van der Waals surface area contributed by atoms with Crippen LogP contribution in [-0.4, -0.2) is 4.98 Å². The van der Waals surface area contributed by atoms with E-state index in [1.165, 1.54) is 0 Å². The molecule has 12 heavy (non-hydrogen) atoms. The maximum absolute atomic E-state index is 11.2. The summed E-state index contributed by atoms with van der Waals surface area (Å²) in [6, 6.07) is 3.39. The van der Waals surface area contributed by atoms with Gasteiger partial charge in [0, 0.05) is 17.8 Å². The molecule has 1 aromatic heterocycles. The van der Waals surface area contributed by atoms with E-state index in [1.54, 1.807) is 18.3 Å². The first kappa shape index (κ1) is 9.00. The average Bonchev–Trinajstić information content (AvgIpc) is 2.04. The molecule has 0 amide bonds. The molecule has 0 saturated carbocycles. The van der Waals surface area contributed by atoms with Crippen molar-refractivity contribution in [3.05, 3.63) is 34.2 Å². The Kier molecular flexibility index (Phi) is 2.65. The van der Waals surface area contributed by atoms with E-state index in [-0.39, 0.29) is 17.5 Å². The molecule has 3 heteroatoms. The van der Waals surface area contributed by atoms with Gasteiger partial charge >= 0.3 is 0 Å². The summed E-state index contributed by atoms with van der Waals surface area (Å²) in [4.78, 5) is 13.8. The number of aromatic nitrogens is 1. The van der Waals surface area contributed by atoms with Crippen LogP contribution >= 0.6 is 0 Å². The Morgan fingerprint density at radius 1 is 1.50 bits per heavy atom. The van der Waals surface area contributed by atoms with Crippen LogP contribution in [0.2, 0.25) is 0 Å². The molecule has 1 heterocycles. The maximum atomic E-state index is 11.2. The summed E-state index contributed by atoms with van der Waals surface area (Å²) < 4.78 is 0. The van der Waals surface area contributed by atoms with E-state index in [2.05, 4.69) is 4.98 Å². The van der Waals surface area contributed by atoms with Gasteiger partial charge in [0.25, 0.3) is 5.56 Å². The molecule has 1 aromatic rings. The molecule has 3 nitrogen and oxygen atoms in total. The Morgan fingerprint density at radius 2 is 2.17 bits per heavy atom. The summed E-state index contributed by atoms with van der Waals surface area (Å²) in [5.74, 6) is 0.286. The minimum absolute atomic E-state index is 0.0845. The lowest BCUT2D eigenvalue weighted by atomic mass is 9.98. The summed E-state index contributed by atoms with van der Waals surface area (Å²) in [6.45, 7) is 3.99. The van der Waals surface area contributed by atoms with E-state index < -0.39 is 0 Å². The van der Waals surface area contributed by atoms with Gasteiger partial charge < -0.3 is 10.7 Å². The van der Waals surface area contributed by atoms with Crippen LogP contribution in [0.15, 0.2) is 23.1 Å². The van der Waals surface area contributed by atoms with Gasteiger partial charge in [-0.05, 0) is 12.0 Å². The topological polar surface area (TPSA) is 58.9 Å². The summed E-state index contributed by atoms with van der Waals surface area (Å²) in [5, 5.41) is 0. The van der Waals surface area contributed by atoms with E-state index in [0.717, 1.165) is 0 Å². The van der Waals surface area contributed by atoms with Crippen molar-refractivity contribution in [2.75, 3.05) is 0 Å². The molecule has 0 fully saturated rings. The molecule has 0 aliphatic carbocycles. The largest absolute Gasteiger partial charge is 0.329 e. The number of nitrogens with two attached hydrogens (primary N) is 1. The maximum Gasteiger partial charge on any atom is 0.252 e. The standard InChI is InChI=1S/C9H14N2O/c1-6(2)8(10)7-4-3-5-11-9(7)12/h3-6,8H,10H2,1-2H3,(H,11,12)/t8-/m1/s1. The number of hydrogen-bond donors (Lipinski definition) is 2. The molecule has 0 aliphatic rings. The van der Waals surface area contributed by atoms with Gasteiger partial charge in [0.2, 0.25) is 0 Å². The molecule has 0 radical (unpaired) electrons. The fourth-order valence-corrected chi connectivity index (χ4v) is 1.06. The van der Waals surface area contributed by atoms with Crippen molar-refractivity contribution in [1.82, 2.24) is 4.98 Å². The van der Waals surface area contributed by atoms with Crippen LogP contribution < -0.4 is 11.3 Å². The molecule has 66 valence electrons. The van der Waals surface area contributed by atoms with E-state index >= 15 is 0 Å². The van der Waals surface area contributed by atoms with Crippen molar-refractivity contribution < 1.29 is 0 Å². The highest BCUT2D eigenvalue weighted by Crippen LogP contribution is 2.13. The van der Waals surface area contributed by atoms with E-state index in [9.17, 15) is 4.79 Å². The Bertz CT molecular complexity index is 303. The SMILES string of the molecule is CC(C)[C@@H](N)c1ccc[nH]c1=O. The second-order valence-electron chi connectivity index (χ2n) is 3.22. The number of nitrogens with one attached hydrogen (secondary N) is 1. The number of hydrogen-bond acceptors (Lipinski definition) is 2. The monoisotopic (exact) mass is 166 g/mol. The van der Waals surface area contributed by atoms with E-state index in [1.807, 2.05) is 13.8 Å². The van der Waals surface area contributed by atoms with Gasteiger partial charge in [-0.3, -0.25) is 4.79 Å². The Balaban J connectivity index is 3.03. The number of aromatic amines is 1. The van der Waals surface area contributed by atoms with Gasteiger partial charge in [-0.1, -0.05) is 19.9 Å². The van der Waals surface area contributed by atoms with Crippen LogP contribution in [0.1, 0.15) is 25.5 Å². The second kappa shape index (κ2) is 3.54. The summed E-state index contributed by atoms with van der Waals surface area (Å²) in [5.41, 5.74) is 6.39. The van der Waals surface area contributed by atoms with E-state index in [4.69, 9.17) is 5.73 Å². The molecular weight excluding hydrogens is 152 g/mol. The molecule has 0 bridgehead atoms. The highest BCUT2D eigenvalue weighted by Gasteiger charge is 2.12. The zero-order chi connectivity index (χ0) is 9.14. The minimum atomic E-state index is -0.171. The molecule has 0 unspecified atom stereocenters. The highest BCUT2D eigenvalue weighted by atomic mass is 16.1. The van der Waals surface area contributed by atoms with Crippen LogP contribution in [0.25, 0.3) is 0 Å². The van der Waals surface area contributed by atoms with Gasteiger partial charge in [0.05, 0.1) is 0 Å². The first-order valence-corrected chi connectivity index (χ1v) is 4.06. The minimum Gasteiger partial charge on any atom is -0.329 e. The summed E-state index contributed by atoms with van der Waals surface area (Å²) >= 11 is 0. The normalized spacial score (nSPS) is 13.3. The molecular formula is C9H14N2O. The van der Waals surface area contributed by atoms with Crippen LogP contribution in [0.3, 0.4) is 0 Å². The van der Waals surface area contributed by atoms with Gasteiger partial charge in [0.1, 0.15) is 0 Å². The zero-order valence-corrected chi connectivity index (χ0v) is 7.37. The zero-order valence-electron chi connectivity index (χ0n) is 7.37. The number of pyridine rings is 1. The molecule has 3 N–H and O–H groups in total. The van der Waals surface area contributed by atoms with Gasteiger partial charge in [0.15, 0.2) is 0 Å². The van der Waals surface area contributed by atoms with Crippen molar-refractivity contribution in [3.8, 4) is 0 Å². The summed E-state index contributed by atoms with van der Waals surface area (Å²) in [6.07, 6.45) is 1.61. The molecule has 0 spiro atoms. The third-order valence-corrected chi connectivity index (χ3v) is 1.93. The van der Waals surface area contributed by atoms with Crippen LogP contribution in [0, 0.1) is 5.92 Å². The van der Waals surface area contributed by atoms with Crippen molar-refractivity contribution in [2.45, 2.75) is 19.9 Å². The number of H-pyrrole nitrogens is 1. The molecule has 0 aromatic carbocycles. The van der Waals surface area contributed by atoms with Crippen molar-refractivity contribution >= 4 is 0 Å². The molecule has 0 aliphatic heterocycles. The Morgan fingerprint density at radius 3 is 2.67 bits per heavy atom. The fourth-order valence-electron chi connectivity index (χ4n) is 1.06. The van der Waals surface area contributed by atoms with E-state index in [0.29, 0.717) is 5.56 Å². The highest BCUT2D eigenvalue weighted by molar-refractivity contribution is 5.13. The lowest BCUT2D eigenvalue weighted by molar-refractivity contribution is 0.510. The predicted octanol–water partition coefficient (Wildman–Crippen LogP) is 1.03. The third-order valence-electron chi connectivity index (χ3n) is 1.93. The van der Waals surface area contributed by atoms with Crippen molar-refractivity contribution in [1.29, 1.82) is 0 Å². The van der Waals surface area contributed by atoms with Gasteiger partial charge in [-0.2, -0.15) is 0 Å². The quantitative estimate of drug-likeness (QED) is 0.689. The van der Waals surface area contributed by atoms with Crippen LogP contribution in [0.5, 0.6) is 0 Å². The lowest BCUT2D eigenvalue weighted by Crippen LogP contribution is -2.24. The fraction of sp³-hybridized carbons (Fsp3) is 0.444. The number of rotatable bonds is 2. The smallest absolute Gasteiger partial charge is 0.252 e. The lowest BCUT2D eigenvalue weighted by Gasteiger charge is -2.14. The molecule has 0 saturated heterocycles. The summed E-state index contributed by atoms with van der Waals surface area (Å²) in [7, 11) is 0. The first-order valence-electron chi connectivity index (χ1n) is 4.06. The van der Waals surface area contributed by atoms with Crippen LogP contribution in [0.4, 0.5) is 0 Å². The predicted molar refractivity (Wildman–Crippen MR) is 48.8 cm³/mol. The van der Waals surface area contributed by atoms with Crippen molar-refractivity contribution in [3.63, 3.8) is 0 Å². The Hall–Kier alpha value is -1.09. The Labute approximate surface area is 71.6 Å². The first-order chi connectivity index (χ1) is 5.63. The third kappa shape index (κ3) is 1.74. The van der Waals surface area contributed by atoms with Gasteiger partial charge in [-0.15, -0.1) is 0 Å². The molecule has 1 atom stereocenters. The van der Waals surface area contributed by atoms with Crippen LogP contribution in [-0.2, 0) is 0 Å². The second-order valence-corrected chi connectivity index (χ2v) is 3.22. The molecule has 1 rings (SSSR count). The van der Waals surface area contributed by atoms with Crippen molar-refractivity contribution in [2.24, 2.45) is 11.7 Å². The van der Waals surface area contributed by atoms with Gasteiger partial charge in [-0.25, -0.2) is 0 Å².